The fraction of sp³-hybridized carbons (Fsp3) is 0.148. The van der Waals surface area contributed by atoms with Crippen molar-refractivity contribution >= 4 is 38.9 Å². The average Bonchev–Trinajstić information content (AvgIpc) is 3.38. The van der Waals surface area contributed by atoms with Gasteiger partial charge in [0, 0.05) is 40.0 Å². The molecule has 0 spiro atoms. The van der Waals surface area contributed by atoms with Crippen LogP contribution in [0.1, 0.15) is 0 Å². The van der Waals surface area contributed by atoms with Crippen molar-refractivity contribution < 1.29 is 22.3 Å². The van der Waals surface area contributed by atoms with Crippen LogP contribution in [0, 0.1) is 5.82 Å². The Bertz CT molecular complexity index is 1860. The Morgan fingerprint density at radius 3 is 2.33 bits per heavy atom. The number of carbonyl (C=O) groups is 1. The van der Waals surface area contributed by atoms with Gasteiger partial charge in [0.15, 0.2) is 5.65 Å². The molecule has 0 bridgehead atoms. The number of benzene rings is 2. The van der Waals surface area contributed by atoms with E-state index >= 15 is 0 Å². The molecule has 0 radical (unpaired) electrons. The van der Waals surface area contributed by atoms with Crippen molar-refractivity contribution in [1.29, 1.82) is 0 Å². The molecular weight excluding hydrogens is 565 g/mol. The van der Waals surface area contributed by atoms with Crippen LogP contribution in [-0.2, 0) is 10.0 Å². The zero-order valence-electron chi connectivity index (χ0n) is 23.0. The van der Waals surface area contributed by atoms with Crippen LogP contribution in [0.25, 0.3) is 16.8 Å². The largest absolute Gasteiger partial charge is 0.424 e. The number of anilines is 3. The minimum Gasteiger partial charge on any atom is -0.424 e. The second kappa shape index (κ2) is 11.4. The van der Waals surface area contributed by atoms with Crippen molar-refractivity contribution in [2.75, 3.05) is 43.7 Å². The van der Waals surface area contributed by atoms with E-state index in [4.69, 9.17) is 4.74 Å². The normalized spacial score (nSPS) is 11.5. The fourth-order valence-electron chi connectivity index (χ4n) is 3.86. The van der Waals surface area contributed by atoms with Crippen LogP contribution in [-0.4, -0.2) is 71.5 Å². The predicted molar refractivity (Wildman–Crippen MR) is 155 cm³/mol. The molecule has 3 aromatic heterocycles. The van der Waals surface area contributed by atoms with E-state index in [0.29, 0.717) is 5.75 Å². The number of carbonyl (C=O) groups excluding carboxylic acids is 1. The van der Waals surface area contributed by atoms with E-state index in [0.717, 1.165) is 45.1 Å². The molecule has 2 aromatic carbocycles. The fourth-order valence-corrected chi connectivity index (χ4v) is 4.88. The quantitative estimate of drug-likeness (QED) is 0.272. The van der Waals surface area contributed by atoms with Crippen LogP contribution in [0.5, 0.6) is 11.8 Å². The maximum absolute atomic E-state index is 13.8. The molecule has 5 rings (SSSR count). The zero-order chi connectivity index (χ0) is 30.0. The smallest absolute Gasteiger partial charge is 0.323 e. The highest BCUT2D eigenvalue weighted by atomic mass is 32.2. The Kier molecular flexibility index (Phi) is 7.69. The highest BCUT2D eigenvalue weighted by molar-refractivity contribution is 7.89. The van der Waals surface area contributed by atoms with E-state index in [1.165, 1.54) is 26.5 Å². The van der Waals surface area contributed by atoms with E-state index in [-0.39, 0.29) is 22.3 Å². The van der Waals surface area contributed by atoms with Gasteiger partial charge in [0.25, 0.3) is 0 Å². The lowest BCUT2D eigenvalue weighted by Gasteiger charge is -2.16. The lowest BCUT2D eigenvalue weighted by Crippen LogP contribution is -2.26. The standard InChI is InChI=1S/C27H26FN9O4S/c1-35(2)24-11-12-37-25(34-24)21(16-31-37)17-5-8-20(9-6-17)41-27-29-14-19(15-30-27)32-26(38)33-22-13-18(28)7-10-23(22)42(39,40)36(3)4/h5-16H,1-4H3,(H2,32,33,38). The van der Waals surface area contributed by atoms with Crippen LogP contribution < -0.4 is 20.3 Å². The van der Waals surface area contributed by atoms with Gasteiger partial charge in [-0.1, -0.05) is 12.1 Å². The number of rotatable bonds is 8. The molecule has 0 saturated heterocycles. The van der Waals surface area contributed by atoms with Crippen molar-refractivity contribution in [3.63, 3.8) is 0 Å². The van der Waals surface area contributed by atoms with Crippen molar-refractivity contribution in [2.45, 2.75) is 4.90 Å². The third-order valence-corrected chi connectivity index (χ3v) is 7.89. The summed E-state index contributed by atoms with van der Waals surface area (Å²) in [5, 5.41) is 9.20. The molecule has 13 nitrogen and oxygen atoms in total. The van der Waals surface area contributed by atoms with Crippen LogP contribution in [0.2, 0.25) is 0 Å². The first-order valence-corrected chi connectivity index (χ1v) is 13.9. The maximum Gasteiger partial charge on any atom is 0.323 e. The number of halogens is 1. The SMILES string of the molecule is CN(C)c1ccn2ncc(-c3ccc(Oc4ncc(NC(=O)Nc5cc(F)ccc5S(=O)(=O)N(C)C)cn4)cc3)c2n1. The Morgan fingerprint density at radius 1 is 0.952 bits per heavy atom. The molecule has 2 N–H and O–H groups in total. The molecule has 3 heterocycles. The van der Waals surface area contributed by atoms with E-state index in [2.05, 4.69) is 30.7 Å². The first-order valence-electron chi connectivity index (χ1n) is 12.4. The van der Waals surface area contributed by atoms with Crippen molar-refractivity contribution in [3.05, 3.63) is 79.1 Å². The summed E-state index contributed by atoms with van der Waals surface area (Å²) in [6, 6.07) is 11.4. The molecule has 0 unspecified atom stereocenters. The van der Waals surface area contributed by atoms with E-state index < -0.39 is 21.9 Å². The monoisotopic (exact) mass is 591 g/mol. The number of sulfonamides is 1. The molecule has 5 aromatic rings. The molecule has 0 saturated carbocycles. The predicted octanol–water partition coefficient (Wildman–Crippen LogP) is 4.08. The van der Waals surface area contributed by atoms with Crippen LogP contribution >= 0.6 is 0 Å². The van der Waals surface area contributed by atoms with Gasteiger partial charge in [0.1, 0.15) is 22.3 Å². The van der Waals surface area contributed by atoms with E-state index in [1.807, 2.05) is 43.4 Å². The molecule has 216 valence electrons. The van der Waals surface area contributed by atoms with Crippen molar-refractivity contribution in [1.82, 2.24) is 28.9 Å². The lowest BCUT2D eigenvalue weighted by atomic mass is 10.1. The second-order valence-corrected chi connectivity index (χ2v) is 11.5. The van der Waals surface area contributed by atoms with Crippen LogP contribution in [0.15, 0.2) is 78.2 Å². The van der Waals surface area contributed by atoms with Crippen molar-refractivity contribution in [2.24, 2.45) is 0 Å². The molecule has 0 aliphatic heterocycles. The summed E-state index contributed by atoms with van der Waals surface area (Å²) in [7, 11) is 2.57. The maximum atomic E-state index is 13.8. The van der Waals surface area contributed by atoms with Gasteiger partial charge in [0.05, 0.1) is 30.0 Å². The Labute approximate surface area is 240 Å². The van der Waals surface area contributed by atoms with Gasteiger partial charge in [-0.25, -0.2) is 41.4 Å². The molecule has 42 heavy (non-hydrogen) atoms. The number of urea groups is 1. The molecule has 0 atom stereocenters. The summed E-state index contributed by atoms with van der Waals surface area (Å²) in [4.78, 5) is 27.1. The Morgan fingerprint density at radius 2 is 1.67 bits per heavy atom. The third kappa shape index (κ3) is 5.96. The first kappa shape index (κ1) is 28.4. The molecule has 0 aliphatic carbocycles. The summed E-state index contributed by atoms with van der Waals surface area (Å²) in [5.74, 6) is 0.582. The number of nitrogens with one attached hydrogen (secondary N) is 2. The van der Waals surface area contributed by atoms with Crippen LogP contribution in [0.4, 0.5) is 26.4 Å². The summed E-state index contributed by atoms with van der Waals surface area (Å²) in [6.45, 7) is 0. The highest BCUT2D eigenvalue weighted by Crippen LogP contribution is 2.28. The molecule has 0 fully saturated rings. The molecular formula is C27H26FN9O4S. The van der Waals surface area contributed by atoms with Crippen LogP contribution in [0.3, 0.4) is 0 Å². The minimum atomic E-state index is -3.93. The summed E-state index contributed by atoms with van der Waals surface area (Å²) in [5.41, 5.74) is 2.45. The molecule has 0 aliphatic rings. The highest BCUT2D eigenvalue weighted by Gasteiger charge is 2.23. The number of hydrogen-bond donors (Lipinski definition) is 2. The van der Waals surface area contributed by atoms with Crippen molar-refractivity contribution in [3.8, 4) is 22.9 Å². The summed E-state index contributed by atoms with van der Waals surface area (Å²) in [6.07, 6.45) is 6.23. The number of fused-ring (bicyclic) bond motifs is 1. The number of amides is 2. The van der Waals surface area contributed by atoms with Gasteiger partial charge < -0.3 is 20.3 Å². The Balaban J connectivity index is 1.24. The number of aromatic nitrogens is 5. The summed E-state index contributed by atoms with van der Waals surface area (Å²) >= 11 is 0. The van der Waals surface area contributed by atoms with Gasteiger partial charge in [0.2, 0.25) is 10.0 Å². The van der Waals surface area contributed by atoms with Gasteiger partial charge >= 0.3 is 12.0 Å². The van der Waals surface area contributed by atoms with E-state index in [9.17, 15) is 17.6 Å². The topological polar surface area (TPSA) is 147 Å². The number of hydrogen-bond acceptors (Lipinski definition) is 9. The number of ether oxygens (including phenoxy) is 1. The summed E-state index contributed by atoms with van der Waals surface area (Å²) < 4.78 is 47.3. The lowest BCUT2D eigenvalue weighted by molar-refractivity contribution is 0.262. The molecule has 15 heteroatoms. The van der Waals surface area contributed by atoms with Gasteiger partial charge in [-0.15, -0.1) is 0 Å². The average molecular weight is 592 g/mol. The van der Waals surface area contributed by atoms with Gasteiger partial charge in [-0.05, 0) is 42.0 Å². The third-order valence-electron chi connectivity index (χ3n) is 6.02. The minimum absolute atomic E-state index is 0.0338. The first-order chi connectivity index (χ1) is 20.0. The molecule has 2 amide bonds. The van der Waals surface area contributed by atoms with E-state index in [1.54, 1.807) is 22.8 Å². The van der Waals surface area contributed by atoms with Gasteiger partial charge in [-0.3, -0.25) is 0 Å². The number of nitrogens with zero attached hydrogens (tertiary/aromatic N) is 7. The van der Waals surface area contributed by atoms with Gasteiger partial charge in [-0.2, -0.15) is 5.10 Å². The zero-order valence-corrected chi connectivity index (χ0v) is 23.8. The Hall–Kier alpha value is -5.15. The second-order valence-electron chi connectivity index (χ2n) is 9.39.